The summed E-state index contributed by atoms with van der Waals surface area (Å²) in [5.41, 5.74) is 6.57. The molecule has 1 aromatic carbocycles. The van der Waals surface area contributed by atoms with Gasteiger partial charge in [-0.15, -0.1) is 0 Å². The van der Waals surface area contributed by atoms with Crippen molar-refractivity contribution in [3.05, 3.63) is 28.8 Å². The van der Waals surface area contributed by atoms with Crippen molar-refractivity contribution in [3.63, 3.8) is 0 Å². The van der Waals surface area contributed by atoms with Crippen LogP contribution in [0.1, 0.15) is 30.1 Å². The molecule has 1 amide bonds. The number of nitrogens with zero attached hydrogens (tertiary/aromatic N) is 1. The minimum absolute atomic E-state index is 0.113. The number of halogens is 1. The summed E-state index contributed by atoms with van der Waals surface area (Å²) in [7, 11) is 0. The Morgan fingerprint density at radius 1 is 1.40 bits per heavy atom. The third-order valence-corrected chi connectivity index (χ3v) is 3.87. The van der Waals surface area contributed by atoms with E-state index in [-0.39, 0.29) is 17.9 Å². The van der Waals surface area contributed by atoms with Crippen LogP contribution in [-0.2, 0) is 4.79 Å². The lowest BCUT2D eigenvalue weighted by atomic mass is 9.91. The number of amides is 1. The van der Waals surface area contributed by atoms with E-state index < -0.39 is 5.97 Å². The standard InChI is InChI=1S/C14H17ClN2O3/c1-8-4-9(14(19)20)2-3-17(8)13(18)10-5-11(15)7-12(16)6-10/h5-9H,2-4,16H2,1H3,(H,19,20). The monoisotopic (exact) mass is 296 g/mol. The van der Waals surface area contributed by atoms with Gasteiger partial charge in [0.15, 0.2) is 0 Å². The van der Waals surface area contributed by atoms with Crippen molar-refractivity contribution in [1.82, 2.24) is 4.90 Å². The quantitative estimate of drug-likeness (QED) is 0.820. The lowest BCUT2D eigenvalue weighted by Crippen LogP contribution is -2.46. The van der Waals surface area contributed by atoms with Gasteiger partial charge in [-0.3, -0.25) is 9.59 Å². The van der Waals surface area contributed by atoms with E-state index in [1.807, 2.05) is 6.92 Å². The molecule has 2 rings (SSSR count). The Hall–Kier alpha value is -1.75. The fourth-order valence-electron chi connectivity index (χ4n) is 2.60. The van der Waals surface area contributed by atoms with Gasteiger partial charge in [-0.05, 0) is 38.0 Å². The average molecular weight is 297 g/mol. The van der Waals surface area contributed by atoms with Crippen molar-refractivity contribution in [2.75, 3.05) is 12.3 Å². The van der Waals surface area contributed by atoms with Crippen LogP contribution in [0.25, 0.3) is 0 Å². The molecule has 0 spiro atoms. The topological polar surface area (TPSA) is 83.6 Å². The molecule has 0 radical (unpaired) electrons. The van der Waals surface area contributed by atoms with E-state index in [4.69, 9.17) is 22.4 Å². The zero-order valence-electron chi connectivity index (χ0n) is 11.2. The van der Waals surface area contributed by atoms with Crippen LogP contribution < -0.4 is 5.73 Å². The molecule has 1 saturated heterocycles. The minimum Gasteiger partial charge on any atom is -0.481 e. The van der Waals surface area contributed by atoms with Crippen molar-refractivity contribution in [1.29, 1.82) is 0 Å². The molecule has 108 valence electrons. The van der Waals surface area contributed by atoms with E-state index in [9.17, 15) is 9.59 Å². The fourth-order valence-corrected chi connectivity index (χ4v) is 2.84. The maximum atomic E-state index is 12.5. The Morgan fingerprint density at radius 2 is 2.10 bits per heavy atom. The maximum Gasteiger partial charge on any atom is 0.306 e. The van der Waals surface area contributed by atoms with Crippen LogP contribution >= 0.6 is 11.6 Å². The number of carboxylic acids is 1. The number of rotatable bonds is 2. The van der Waals surface area contributed by atoms with Gasteiger partial charge in [-0.2, -0.15) is 0 Å². The number of benzene rings is 1. The molecule has 3 N–H and O–H groups in total. The van der Waals surface area contributed by atoms with Gasteiger partial charge in [0, 0.05) is 28.9 Å². The second kappa shape index (κ2) is 5.71. The van der Waals surface area contributed by atoms with Crippen molar-refractivity contribution in [3.8, 4) is 0 Å². The summed E-state index contributed by atoms with van der Waals surface area (Å²) in [6.45, 7) is 2.30. The third-order valence-electron chi connectivity index (χ3n) is 3.65. The summed E-state index contributed by atoms with van der Waals surface area (Å²) < 4.78 is 0. The van der Waals surface area contributed by atoms with E-state index in [1.165, 1.54) is 0 Å². The second-order valence-corrected chi connectivity index (χ2v) is 5.62. The van der Waals surface area contributed by atoms with Crippen LogP contribution in [0, 0.1) is 5.92 Å². The minimum atomic E-state index is -0.795. The van der Waals surface area contributed by atoms with Gasteiger partial charge < -0.3 is 15.7 Å². The second-order valence-electron chi connectivity index (χ2n) is 5.18. The SMILES string of the molecule is CC1CC(C(=O)O)CCN1C(=O)c1cc(N)cc(Cl)c1. The summed E-state index contributed by atoms with van der Waals surface area (Å²) >= 11 is 5.91. The molecule has 1 aromatic rings. The molecule has 0 saturated carbocycles. The smallest absolute Gasteiger partial charge is 0.306 e. The highest BCUT2D eigenvalue weighted by Gasteiger charge is 2.32. The highest BCUT2D eigenvalue weighted by atomic mass is 35.5. The molecular formula is C14H17ClN2O3. The molecular weight excluding hydrogens is 280 g/mol. The van der Waals surface area contributed by atoms with Gasteiger partial charge in [0.25, 0.3) is 5.91 Å². The number of nitrogen functional groups attached to an aromatic ring is 1. The predicted molar refractivity (Wildman–Crippen MR) is 76.7 cm³/mol. The number of hydrogen-bond acceptors (Lipinski definition) is 3. The number of nitrogens with two attached hydrogens (primary N) is 1. The van der Waals surface area contributed by atoms with Crippen molar-refractivity contribution < 1.29 is 14.7 Å². The van der Waals surface area contributed by atoms with Crippen LogP contribution in [0.3, 0.4) is 0 Å². The molecule has 1 fully saturated rings. The van der Waals surface area contributed by atoms with Gasteiger partial charge in [-0.25, -0.2) is 0 Å². The normalized spacial score (nSPS) is 22.6. The summed E-state index contributed by atoms with van der Waals surface area (Å²) in [5.74, 6) is -1.33. The first-order chi connectivity index (χ1) is 9.38. The lowest BCUT2D eigenvalue weighted by molar-refractivity contribution is -0.143. The van der Waals surface area contributed by atoms with Gasteiger partial charge in [0.05, 0.1) is 5.92 Å². The Balaban J connectivity index is 2.15. The number of aliphatic carboxylic acids is 1. The summed E-state index contributed by atoms with van der Waals surface area (Å²) in [6.07, 6.45) is 0.943. The van der Waals surface area contributed by atoms with E-state index in [0.29, 0.717) is 35.7 Å². The maximum absolute atomic E-state index is 12.5. The first-order valence-corrected chi connectivity index (χ1v) is 6.86. The van der Waals surface area contributed by atoms with Crippen LogP contribution in [0.5, 0.6) is 0 Å². The number of carbonyl (C=O) groups excluding carboxylic acids is 1. The molecule has 2 unspecified atom stereocenters. The number of carboxylic acid groups (broad SMARTS) is 1. The molecule has 2 atom stereocenters. The number of likely N-dealkylation sites (tertiary alicyclic amines) is 1. The predicted octanol–water partition coefficient (Wildman–Crippen LogP) is 2.25. The Kier molecular flexibility index (Phi) is 4.18. The zero-order valence-corrected chi connectivity index (χ0v) is 11.9. The number of anilines is 1. The highest BCUT2D eigenvalue weighted by Crippen LogP contribution is 2.26. The van der Waals surface area contributed by atoms with Crippen LogP contribution in [0.15, 0.2) is 18.2 Å². The number of piperidine rings is 1. The molecule has 1 aliphatic heterocycles. The fraction of sp³-hybridized carbons (Fsp3) is 0.429. The van der Waals surface area contributed by atoms with Crippen molar-refractivity contribution in [2.45, 2.75) is 25.8 Å². The Morgan fingerprint density at radius 3 is 2.65 bits per heavy atom. The Bertz CT molecular complexity index is 527. The number of carbonyl (C=O) groups is 2. The van der Waals surface area contributed by atoms with Crippen molar-refractivity contribution in [2.24, 2.45) is 5.92 Å². The summed E-state index contributed by atoms with van der Waals surface area (Å²) in [4.78, 5) is 25.1. The molecule has 0 aliphatic carbocycles. The van der Waals surface area contributed by atoms with E-state index in [0.717, 1.165) is 0 Å². The molecule has 20 heavy (non-hydrogen) atoms. The van der Waals surface area contributed by atoms with E-state index in [2.05, 4.69) is 0 Å². The van der Waals surface area contributed by atoms with Gasteiger partial charge in [0.1, 0.15) is 0 Å². The number of hydrogen-bond donors (Lipinski definition) is 2. The van der Waals surface area contributed by atoms with E-state index >= 15 is 0 Å². The Labute approximate surface area is 122 Å². The summed E-state index contributed by atoms with van der Waals surface area (Å²) in [6, 6.07) is 4.64. The van der Waals surface area contributed by atoms with Crippen LogP contribution in [0.4, 0.5) is 5.69 Å². The van der Waals surface area contributed by atoms with E-state index in [1.54, 1.807) is 23.1 Å². The largest absolute Gasteiger partial charge is 0.481 e. The van der Waals surface area contributed by atoms with Gasteiger partial charge in [-0.1, -0.05) is 11.6 Å². The van der Waals surface area contributed by atoms with Gasteiger partial charge in [0.2, 0.25) is 0 Å². The molecule has 0 aromatic heterocycles. The van der Waals surface area contributed by atoms with Crippen molar-refractivity contribution >= 4 is 29.2 Å². The molecule has 0 bridgehead atoms. The zero-order chi connectivity index (χ0) is 14.9. The molecule has 5 nitrogen and oxygen atoms in total. The molecule has 1 heterocycles. The highest BCUT2D eigenvalue weighted by molar-refractivity contribution is 6.31. The van der Waals surface area contributed by atoms with Crippen LogP contribution in [0.2, 0.25) is 5.02 Å². The third kappa shape index (κ3) is 3.04. The lowest BCUT2D eigenvalue weighted by Gasteiger charge is -2.36. The average Bonchev–Trinajstić information content (AvgIpc) is 2.36. The summed E-state index contributed by atoms with van der Waals surface area (Å²) in [5, 5.41) is 9.45. The molecule has 6 heteroatoms. The van der Waals surface area contributed by atoms with Crippen LogP contribution in [-0.4, -0.2) is 34.5 Å². The first kappa shape index (κ1) is 14.7. The van der Waals surface area contributed by atoms with Gasteiger partial charge >= 0.3 is 5.97 Å². The first-order valence-electron chi connectivity index (χ1n) is 6.48. The molecule has 1 aliphatic rings.